The number of carbonyl (C=O) groups is 1. The first-order valence-corrected chi connectivity index (χ1v) is 10.6. The maximum absolute atomic E-state index is 12.8. The second-order valence-corrected chi connectivity index (χ2v) is 7.88. The van der Waals surface area contributed by atoms with Crippen molar-refractivity contribution < 1.29 is 9.53 Å². The summed E-state index contributed by atoms with van der Waals surface area (Å²) in [7, 11) is 0. The predicted octanol–water partition coefficient (Wildman–Crippen LogP) is 4.54. The smallest absolute Gasteiger partial charge is 0.255 e. The van der Waals surface area contributed by atoms with E-state index in [-0.39, 0.29) is 5.91 Å². The van der Waals surface area contributed by atoms with Gasteiger partial charge >= 0.3 is 0 Å². The molecule has 0 fully saturated rings. The zero-order chi connectivity index (χ0) is 21.8. The van der Waals surface area contributed by atoms with Crippen LogP contribution in [0.2, 0.25) is 0 Å². The summed E-state index contributed by atoms with van der Waals surface area (Å²) in [5.41, 5.74) is 6.08. The zero-order valence-corrected chi connectivity index (χ0v) is 18.4. The Balaban J connectivity index is 1.42. The fraction of sp³-hybridized carbons (Fsp3) is 0.217. The van der Waals surface area contributed by atoms with Gasteiger partial charge < -0.3 is 10.1 Å². The molecule has 8 heteroatoms. The number of amides is 1. The van der Waals surface area contributed by atoms with Gasteiger partial charge in [0, 0.05) is 16.9 Å². The van der Waals surface area contributed by atoms with Crippen molar-refractivity contribution in [3.8, 4) is 5.75 Å². The van der Waals surface area contributed by atoms with Crippen LogP contribution in [0.5, 0.6) is 5.75 Å². The molecule has 0 spiro atoms. The number of hydrogen-bond acceptors (Lipinski definition) is 6. The lowest BCUT2D eigenvalue weighted by molar-refractivity contribution is 0.102. The number of aryl methyl sites for hydroxylation is 3. The molecule has 7 nitrogen and oxygen atoms in total. The van der Waals surface area contributed by atoms with E-state index in [0.29, 0.717) is 24.5 Å². The SMILES string of the molecule is Cc1cc(C)n(Cc2cccc(NC(=O)c3cccc(OCc4nsnc4C)c3)c2)n1. The summed E-state index contributed by atoms with van der Waals surface area (Å²) < 4.78 is 16.1. The van der Waals surface area contributed by atoms with Crippen LogP contribution in [0.4, 0.5) is 5.69 Å². The summed E-state index contributed by atoms with van der Waals surface area (Å²) in [4.78, 5) is 12.8. The number of ether oxygens (including phenoxy) is 1. The minimum atomic E-state index is -0.194. The molecular weight excluding hydrogens is 410 g/mol. The van der Waals surface area contributed by atoms with E-state index in [4.69, 9.17) is 4.74 Å². The van der Waals surface area contributed by atoms with Crippen LogP contribution in [0, 0.1) is 20.8 Å². The van der Waals surface area contributed by atoms with Crippen LogP contribution in [0.25, 0.3) is 0 Å². The molecule has 4 rings (SSSR count). The summed E-state index contributed by atoms with van der Waals surface area (Å²) in [5.74, 6) is 0.415. The summed E-state index contributed by atoms with van der Waals surface area (Å²) in [6, 6.07) is 17.0. The highest BCUT2D eigenvalue weighted by Crippen LogP contribution is 2.18. The molecule has 0 saturated heterocycles. The number of aromatic nitrogens is 4. The molecule has 0 bridgehead atoms. The summed E-state index contributed by atoms with van der Waals surface area (Å²) >= 11 is 1.16. The average molecular weight is 434 g/mol. The Hall–Kier alpha value is -3.52. The van der Waals surface area contributed by atoms with Crippen molar-refractivity contribution in [2.75, 3.05) is 5.32 Å². The molecule has 0 saturated carbocycles. The molecule has 2 heterocycles. The fourth-order valence-corrected chi connectivity index (χ4v) is 3.77. The van der Waals surface area contributed by atoms with Crippen LogP contribution in [0.1, 0.15) is 38.7 Å². The van der Waals surface area contributed by atoms with Crippen LogP contribution in [0.3, 0.4) is 0 Å². The Labute approximate surface area is 185 Å². The van der Waals surface area contributed by atoms with Crippen molar-refractivity contribution in [1.29, 1.82) is 0 Å². The lowest BCUT2D eigenvalue weighted by Crippen LogP contribution is -2.12. The Kier molecular flexibility index (Phi) is 6.08. The van der Waals surface area contributed by atoms with Crippen molar-refractivity contribution in [3.05, 3.63) is 88.5 Å². The van der Waals surface area contributed by atoms with Gasteiger partial charge in [-0.25, -0.2) is 0 Å². The second kappa shape index (κ2) is 9.09. The first-order chi connectivity index (χ1) is 15.0. The highest BCUT2D eigenvalue weighted by molar-refractivity contribution is 6.99. The van der Waals surface area contributed by atoms with E-state index in [2.05, 4.69) is 19.2 Å². The molecule has 0 aliphatic carbocycles. The van der Waals surface area contributed by atoms with Crippen LogP contribution in [-0.4, -0.2) is 24.4 Å². The van der Waals surface area contributed by atoms with Crippen LogP contribution in [-0.2, 0) is 13.2 Å². The maximum atomic E-state index is 12.8. The molecule has 0 aliphatic rings. The lowest BCUT2D eigenvalue weighted by Gasteiger charge is -2.10. The van der Waals surface area contributed by atoms with E-state index >= 15 is 0 Å². The molecule has 0 radical (unpaired) electrons. The van der Waals surface area contributed by atoms with Gasteiger partial charge in [0.25, 0.3) is 5.91 Å². The molecule has 4 aromatic rings. The Morgan fingerprint density at radius 3 is 2.65 bits per heavy atom. The second-order valence-electron chi connectivity index (χ2n) is 7.35. The highest BCUT2D eigenvalue weighted by Gasteiger charge is 2.10. The molecule has 0 atom stereocenters. The van der Waals surface area contributed by atoms with Gasteiger partial charge in [-0.1, -0.05) is 18.2 Å². The summed E-state index contributed by atoms with van der Waals surface area (Å²) in [6.45, 7) is 6.88. The van der Waals surface area contributed by atoms with Crippen LogP contribution >= 0.6 is 11.7 Å². The van der Waals surface area contributed by atoms with E-state index < -0.39 is 0 Å². The third kappa shape index (κ3) is 5.16. The highest BCUT2D eigenvalue weighted by atomic mass is 32.1. The average Bonchev–Trinajstić information content (AvgIpc) is 3.30. The number of nitrogens with one attached hydrogen (secondary N) is 1. The van der Waals surface area contributed by atoms with Gasteiger partial charge in [0.05, 0.1) is 29.7 Å². The van der Waals surface area contributed by atoms with Crippen molar-refractivity contribution in [2.24, 2.45) is 0 Å². The van der Waals surface area contributed by atoms with Gasteiger partial charge in [0.15, 0.2) is 0 Å². The van der Waals surface area contributed by atoms with Gasteiger partial charge in [-0.15, -0.1) is 0 Å². The molecular formula is C23H23N5O2S. The van der Waals surface area contributed by atoms with Crippen molar-refractivity contribution in [3.63, 3.8) is 0 Å². The molecule has 0 unspecified atom stereocenters. The summed E-state index contributed by atoms with van der Waals surface area (Å²) in [5, 5.41) is 7.47. The van der Waals surface area contributed by atoms with Gasteiger partial charge in [0.1, 0.15) is 18.1 Å². The minimum absolute atomic E-state index is 0.194. The monoisotopic (exact) mass is 433 g/mol. The number of nitrogens with zero attached hydrogens (tertiary/aromatic N) is 4. The van der Waals surface area contributed by atoms with E-state index in [9.17, 15) is 4.79 Å². The molecule has 1 amide bonds. The van der Waals surface area contributed by atoms with Crippen LogP contribution < -0.4 is 10.1 Å². The van der Waals surface area contributed by atoms with Crippen molar-refractivity contribution in [1.82, 2.24) is 18.5 Å². The number of carbonyl (C=O) groups excluding carboxylic acids is 1. The first kappa shape index (κ1) is 20.7. The number of hydrogen-bond donors (Lipinski definition) is 1. The van der Waals surface area contributed by atoms with E-state index in [0.717, 1.165) is 45.8 Å². The number of benzene rings is 2. The largest absolute Gasteiger partial charge is 0.487 e. The number of anilines is 1. The van der Waals surface area contributed by atoms with Gasteiger partial charge in [-0.3, -0.25) is 9.48 Å². The van der Waals surface area contributed by atoms with Crippen molar-refractivity contribution in [2.45, 2.75) is 33.9 Å². The standard InChI is InChI=1S/C23H23N5O2S/c1-15-10-16(2)28(25-15)13-18-6-4-8-20(11-18)24-23(29)19-7-5-9-21(12-19)30-14-22-17(3)26-31-27-22/h4-12H,13-14H2,1-3H3,(H,24,29). The van der Waals surface area contributed by atoms with Crippen LogP contribution in [0.15, 0.2) is 54.6 Å². The first-order valence-electron chi connectivity index (χ1n) is 9.90. The normalized spacial score (nSPS) is 10.8. The zero-order valence-electron chi connectivity index (χ0n) is 17.6. The van der Waals surface area contributed by atoms with Gasteiger partial charge in [-0.2, -0.15) is 13.8 Å². The molecule has 2 aromatic carbocycles. The maximum Gasteiger partial charge on any atom is 0.255 e. The Morgan fingerprint density at radius 1 is 1.06 bits per heavy atom. The predicted molar refractivity (Wildman–Crippen MR) is 121 cm³/mol. The molecule has 31 heavy (non-hydrogen) atoms. The third-order valence-electron chi connectivity index (χ3n) is 4.84. The van der Waals surface area contributed by atoms with E-state index in [1.807, 2.05) is 61.9 Å². The van der Waals surface area contributed by atoms with Gasteiger partial charge in [-0.05, 0) is 62.7 Å². The third-order valence-corrected chi connectivity index (χ3v) is 5.50. The van der Waals surface area contributed by atoms with Crippen molar-refractivity contribution >= 4 is 23.3 Å². The topological polar surface area (TPSA) is 81.9 Å². The minimum Gasteiger partial charge on any atom is -0.487 e. The molecule has 0 aliphatic heterocycles. The quantitative estimate of drug-likeness (QED) is 0.463. The Morgan fingerprint density at radius 2 is 1.90 bits per heavy atom. The lowest BCUT2D eigenvalue weighted by atomic mass is 10.1. The Bertz CT molecular complexity index is 1210. The molecule has 2 aromatic heterocycles. The molecule has 1 N–H and O–H groups in total. The summed E-state index contributed by atoms with van der Waals surface area (Å²) in [6.07, 6.45) is 0. The van der Waals surface area contributed by atoms with E-state index in [1.165, 1.54) is 0 Å². The van der Waals surface area contributed by atoms with E-state index in [1.54, 1.807) is 18.2 Å². The fourth-order valence-electron chi connectivity index (χ4n) is 3.22. The number of rotatable bonds is 7. The van der Waals surface area contributed by atoms with Gasteiger partial charge in [0.2, 0.25) is 0 Å². The molecule has 158 valence electrons.